The van der Waals surface area contributed by atoms with Crippen molar-refractivity contribution in [2.24, 2.45) is 5.92 Å². The van der Waals surface area contributed by atoms with Crippen LogP contribution in [0.1, 0.15) is 58.8 Å². The van der Waals surface area contributed by atoms with Crippen molar-refractivity contribution in [2.45, 2.75) is 60.9 Å². The molecule has 0 aliphatic carbocycles. The summed E-state index contributed by atoms with van der Waals surface area (Å²) >= 11 is 10.7. The summed E-state index contributed by atoms with van der Waals surface area (Å²) in [6.45, 7) is 4.52. The zero-order chi connectivity index (χ0) is 11.0. The number of alkyl halides is 3. The van der Waals surface area contributed by atoms with E-state index in [9.17, 15) is 0 Å². The van der Waals surface area contributed by atoms with Crippen LogP contribution in [-0.4, -0.2) is 2.14 Å². The van der Waals surface area contributed by atoms with Gasteiger partial charge >= 0.3 is 0 Å². The third-order valence-electron chi connectivity index (χ3n) is 2.55. The maximum atomic E-state index is 3.57. The maximum absolute atomic E-state index is 3.57. The number of hydrogen-bond donors (Lipinski definition) is 0. The van der Waals surface area contributed by atoms with E-state index >= 15 is 0 Å². The number of hydrogen-bond acceptors (Lipinski definition) is 0. The molecule has 0 N–H and O–H groups in total. The maximum Gasteiger partial charge on any atom is 0.137 e. The Bertz CT molecular complexity index is 129. The largest absolute Gasteiger partial charge is 0.137 e. The molecule has 0 aromatic heterocycles. The van der Waals surface area contributed by atoms with E-state index in [1.54, 1.807) is 0 Å². The van der Waals surface area contributed by atoms with E-state index in [0.29, 0.717) is 5.92 Å². The highest BCUT2D eigenvalue weighted by molar-refractivity contribution is 9.39. The standard InChI is InChI=1S/C11H21Br3/c1-3-4-5-6-7-8-9-10(2)11(12,13)14/h10H,3-9H2,1-2H3. The third-order valence-corrected chi connectivity index (χ3v) is 4.89. The van der Waals surface area contributed by atoms with Crippen molar-refractivity contribution in [3.8, 4) is 0 Å². The number of halogens is 3. The van der Waals surface area contributed by atoms with Crippen molar-refractivity contribution in [3.63, 3.8) is 0 Å². The van der Waals surface area contributed by atoms with Gasteiger partial charge in [0.1, 0.15) is 2.14 Å². The average molecular weight is 393 g/mol. The summed E-state index contributed by atoms with van der Waals surface area (Å²) in [5, 5.41) is 0. The molecule has 0 fully saturated rings. The predicted octanol–water partition coefficient (Wildman–Crippen LogP) is 6.21. The topological polar surface area (TPSA) is 0 Å². The van der Waals surface area contributed by atoms with E-state index in [1.807, 2.05) is 0 Å². The lowest BCUT2D eigenvalue weighted by Crippen LogP contribution is -2.13. The first kappa shape index (κ1) is 15.4. The van der Waals surface area contributed by atoms with Gasteiger partial charge in [0.2, 0.25) is 0 Å². The van der Waals surface area contributed by atoms with Crippen LogP contribution < -0.4 is 0 Å². The number of rotatable bonds is 7. The molecule has 86 valence electrons. The van der Waals surface area contributed by atoms with E-state index in [2.05, 4.69) is 61.6 Å². The molecule has 1 atom stereocenters. The molecule has 1 unspecified atom stereocenters. The van der Waals surface area contributed by atoms with Gasteiger partial charge in [-0.2, -0.15) is 0 Å². The first-order valence-corrected chi connectivity index (χ1v) is 7.93. The summed E-state index contributed by atoms with van der Waals surface area (Å²) in [4.78, 5) is 0. The lowest BCUT2D eigenvalue weighted by atomic mass is 10.0. The fourth-order valence-corrected chi connectivity index (χ4v) is 2.08. The van der Waals surface area contributed by atoms with E-state index in [4.69, 9.17) is 0 Å². The summed E-state index contributed by atoms with van der Waals surface area (Å²) in [7, 11) is 0. The minimum absolute atomic E-state index is 0.0591. The summed E-state index contributed by atoms with van der Waals surface area (Å²) in [6, 6.07) is 0. The molecule has 0 aromatic carbocycles. The van der Waals surface area contributed by atoms with Gasteiger partial charge in [0.15, 0.2) is 0 Å². The van der Waals surface area contributed by atoms with Gasteiger partial charge < -0.3 is 0 Å². The Morgan fingerprint density at radius 1 is 0.929 bits per heavy atom. The second-order valence-corrected chi connectivity index (χ2v) is 10.9. The van der Waals surface area contributed by atoms with Gasteiger partial charge in [-0.3, -0.25) is 0 Å². The molecule has 0 aliphatic rings. The lowest BCUT2D eigenvalue weighted by Gasteiger charge is -2.21. The molecule has 0 nitrogen and oxygen atoms in total. The van der Waals surface area contributed by atoms with Crippen LogP contribution in [0.4, 0.5) is 0 Å². The Morgan fingerprint density at radius 2 is 1.43 bits per heavy atom. The van der Waals surface area contributed by atoms with Crippen LogP contribution in [0.15, 0.2) is 0 Å². The van der Waals surface area contributed by atoms with E-state index in [1.165, 1.54) is 44.9 Å². The van der Waals surface area contributed by atoms with Crippen molar-refractivity contribution in [1.82, 2.24) is 0 Å². The average Bonchev–Trinajstić information content (AvgIpc) is 2.09. The zero-order valence-electron chi connectivity index (χ0n) is 9.16. The van der Waals surface area contributed by atoms with Crippen molar-refractivity contribution in [2.75, 3.05) is 0 Å². The predicted molar refractivity (Wildman–Crippen MR) is 76.7 cm³/mol. The summed E-state index contributed by atoms with van der Waals surface area (Å²) in [5.74, 6) is 0.619. The molecule has 0 aliphatic heterocycles. The highest BCUT2D eigenvalue weighted by Gasteiger charge is 2.25. The summed E-state index contributed by atoms with van der Waals surface area (Å²) < 4.78 is -0.0591. The Morgan fingerprint density at radius 3 is 1.93 bits per heavy atom. The Balaban J connectivity index is 3.28. The van der Waals surface area contributed by atoms with Crippen LogP contribution in [0.3, 0.4) is 0 Å². The van der Waals surface area contributed by atoms with Crippen LogP contribution in [0.2, 0.25) is 0 Å². The van der Waals surface area contributed by atoms with Crippen LogP contribution in [-0.2, 0) is 0 Å². The van der Waals surface area contributed by atoms with Crippen LogP contribution in [0, 0.1) is 5.92 Å². The Hall–Kier alpha value is 1.44. The molecule has 0 saturated carbocycles. The van der Waals surface area contributed by atoms with Gasteiger partial charge in [0.25, 0.3) is 0 Å². The van der Waals surface area contributed by atoms with Gasteiger partial charge in [-0.15, -0.1) is 0 Å². The molecule has 3 heteroatoms. The molecule has 0 bridgehead atoms. The van der Waals surface area contributed by atoms with Crippen LogP contribution in [0.25, 0.3) is 0 Å². The zero-order valence-corrected chi connectivity index (χ0v) is 13.9. The molecular formula is C11H21Br3. The lowest BCUT2D eigenvalue weighted by molar-refractivity contribution is 0.506. The minimum atomic E-state index is -0.0591. The molecule has 0 heterocycles. The molecule has 0 saturated heterocycles. The van der Waals surface area contributed by atoms with Crippen molar-refractivity contribution >= 4 is 47.8 Å². The molecule has 0 amide bonds. The Kier molecular flexibility index (Phi) is 9.46. The second kappa shape index (κ2) is 8.58. The van der Waals surface area contributed by atoms with Crippen LogP contribution >= 0.6 is 47.8 Å². The fraction of sp³-hybridized carbons (Fsp3) is 1.00. The van der Waals surface area contributed by atoms with E-state index in [0.717, 1.165) is 0 Å². The van der Waals surface area contributed by atoms with Gasteiger partial charge in [-0.25, -0.2) is 0 Å². The normalized spacial score (nSPS) is 14.4. The van der Waals surface area contributed by atoms with Gasteiger partial charge in [0, 0.05) is 0 Å². The molecule has 0 spiro atoms. The fourth-order valence-electron chi connectivity index (χ4n) is 1.39. The SMILES string of the molecule is CCCCCCCCC(C)C(Br)(Br)Br. The van der Waals surface area contributed by atoms with Gasteiger partial charge in [0.05, 0.1) is 0 Å². The van der Waals surface area contributed by atoms with Crippen molar-refractivity contribution in [1.29, 1.82) is 0 Å². The minimum Gasteiger partial charge on any atom is -0.0654 e. The third kappa shape index (κ3) is 8.72. The van der Waals surface area contributed by atoms with Gasteiger partial charge in [-0.05, 0) is 12.3 Å². The summed E-state index contributed by atoms with van der Waals surface area (Å²) in [6.07, 6.45) is 9.54. The monoisotopic (exact) mass is 390 g/mol. The van der Waals surface area contributed by atoms with Gasteiger partial charge in [-0.1, -0.05) is 100 Å². The highest BCUT2D eigenvalue weighted by Crippen LogP contribution is 2.43. The Labute approximate surface area is 114 Å². The molecular weight excluding hydrogens is 372 g/mol. The molecule has 0 radical (unpaired) electrons. The summed E-state index contributed by atoms with van der Waals surface area (Å²) in [5.41, 5.74) is 0. The van der Waals surface area contributed by atoms with Crippen molar-refractivity contribution in [3.05, 3.63) is 0 Å². The smallest absolute Gasteiger partial charge is 0.0654 e. The first-order valence-electron chi connectivity index (χ1n) is 5.55. The molecule has 0 aromatic rings. The molecule has 14 heavy (non-hydrogen) atoms. The van der Waals surface area contributed by atoms with E-state index < -0.39 is 0 Å². The quantitative estimate of drug-likeness (QED) is 0.356. The molecule has 0 rings (SSSR count). The van der Waals surface area contributed by atoms with Crippen LogP contribution in [0.5, 0.6) is 0 Å². The van der Waals surface area contributed by atoms with Crippen molar-refractivity contribution < 1.29 is 0 Å². The number of unbranched alkanes of at least 4 members (excludes halogenated alkanes) is 5. The highest BCUT2D eigenvalue weighted by atomic mass is 80.0. The second-order valence-electron chi connectivity index (χ2n) is 4.00. The first-order chi connectivity index (χ1) is 6.48. The van der Waals surface area contributed by atoms with E-state index in [-0.39, 0.29) is 2.14 Å².